The Labute approximate surface area is 114 Å². The predicted molar refractivity (Wildman–Crippen MR) is 79.5 cm³/mol. The molecule has 0 fully saturated rings. The second-order valence-corrected chi connectivity index (χ2v) is 4.51. The van der Waals surface area contributed by atoms with E-state index < -0.39 is 6.03 Å². The average Bonchev–Trinajstić information content (AvgIpc) is 2.31. The largest absolute Gasteiger partial charge is 0.370 e. The molecule has 0 aliphatic heterocycles. The van der Waals surface area contributed by atoms with Crippen molar-refractivity contribution in [2.75, 3.05) is 11.4 Å². The Bertz CT molecular complexity index is 504. The minimum atomic E-state index is -0.427. The van der Waals surface area contributed by atoms with Crippen LogP contribution in [-0.4, -0.2) is 18.5 Å². The van der Waals surface area contributed by atoms with E-state index in [0.717, 1.165) is 23.2 Å². The summed E-state index contributed by atoms with van der Waals surface area (Å²) in [5, 5.41) is 0. The Morgan fingerprint density at radius 3 is 2.37 bits per heavy atom. The first-order chi connectivity index (χ1) is 8.90. The lowest BCUT2D eigenvalue weighted by atomic mass is 10.0. The number of guanidine groups is 1. The van der Waals surface area contributed by atoms with Crippen molar-refractivity contribution >= 4 is 17.7 Å². The SMILES string of the molecule is CCc1cc(C)cc(C)c1N(CC)C(=O)N=C(N)N. The number of carbonyl (C=O) groups excluding carboxylic acids is 1. The molecule has 1 aromatic carbocycles. The van der Waals surface area contributed by atoms with Crippen LogP contribution < -0.4 is 16.4 Å². The molecule has 104 valence electrons. The molecule has 5 nitrogen and oxygen atoms in total. The molecule has 0 aromatic heterocycles. The van der Waals surface area contributed by atoms with Crippen LogP contribution in [0.4, 0.5) is 10.5 Å². The predicted octanol–water partition coefficient (Wildman–Crippen LogP) is 2.09. The number of aryl methyl sites for hydroxylation is 3. The topological polar surface area (TPSA) is 84.7 Å². The van der Waals surface area contributed by atoms with Gasteiger partial charge < -0.3 is 11.5 Å². The fourth-order valence-electron chi connectivity index (χ4n) is 2.26. The number of amides is 2. The van der Waals surface area contributed by atoms with Crippen LogP contribution in [0.2, 0.25) is 0 Å². The maximum Gasteiger partial charge on any atom is 0.351 e. The van der Waals surface area contributed by atoms with Crippen molar-refractivity contribution in [1.82, 2.24) is 0 Å². The third-order valence-corrected chi connectivity index (χ3v) is 2.95. The third kappa shape index (κ3) is 3.47. The van der Waals surface area contributed by atoms with Gasteiger partial charge in [-0.3, -0.25) is 4.90 Å². The maximum absolute atomic E-state index is 12.1. The molecule has 0 radical (unpaired) electrons. The van der Waals surface area contributed by atoms with E-state index in [9.17, 15) is 4.79 Å². The van der Waals surface area contributed by atoms with Crippen LogP contribution in [0, 0.1) is 13.8 Å². The first kappa shape index (κ1) is 15.0. The molecule has 1 aromatic rings. The number of nitrogens with two attached hydrogens (primary N) is 2. The van der Waals surface area contributed by atoms with Crippen LogP contribution >= 0.6 is 0 Å². The molecule has 0 aliphatic rings. The molecular weight excluding hydrogens is 240 g/mol. The van der Waals surface area contributed by atoms with Gasteiger partial charge in [0.15, 0.2) is 5.96 Å². The number of hydrogen-bond acceptors (Lipinski definition) is 1. The molecule has 0 aliphatic carbocycles. The van der Waals surface area contributed by atoms with Crippen molar-refractivity contribution < 1.29 is 4.79 Å². The second kappa shape index (κ2) is 6.22. The van der Waals surface area contributed by atoms with Crippen molar-refractivity contribution in [2.24, 2.45) is 16.5 Å². The third-order valence-electron chi connectivity index (χ3n) is 2.95. The number of benzene rings is 1. The fourth-order valence-corrected chi connectivity index (χ4v) is 2.26. The lowest BCUT2D eigenvalue weighted by Crippen LogP contribution is -2.33. The zero-order valence-electron chi connectivity index (χ0n) is 12.0. The number of urea groups is 1. The number of nitrogens with zero attached hydrogens (tertiary/aromatic N) is 2. The summed E-state index contributed by atoms with van der Waals surface area (Å²) < 4.78 is 0. The quantitative estimate of drug-likeness (QED) is 0.646. The van der Waals surface area contributed by atoms with Crippen molar-refractivity contribution in [1.29, 1.82) is 0 Å². The minimum absolute atomic E-state index is 0.216. The summed E-state index contributed by atoms with van der Waals surface area (Å²) in [5.74, 6) is -0.216. The molecule has 0 atom stereocenters. The molecule has 0 saturated carbocycles. The van der Waals surface area contributed by atoms with Crippen molar-refractivity contribution in [3.63, 3.8) is 0 Å². The Hall–Kier alpha value is -2.04. The summed E-state index contributed by atoms with van der Waals surface area (Å²) in [6.45, 7) is 8.53. The van der Waals surface area contributed by atoms with Crippen LogP contribution in [0.3, 0.4) is 0 Å². The van der Waals surface area contributed by atoms with Crippen molar-refractivity contribution in [3.8, 4) is 0 Å². The van der Waals surface area contributed by atoms with Gasteiger partial charge in [0.1, 0.15) is 0 Å². The summed E-state index contributed by atoms with van der Waals surface area (Å²) in [6.07, 6.45) is 0.851. The van der Waals surface area contributed by atoms with Gasteiger partial charge in [-0.25, -0.2) is 4.79 Å². The van der Waals surface area contributed by atoms with E-state index in [1.165, 1.54) is 5.56 Å². The summed E-state index contributed by atoms with van der Waals surface area (Å²) in [5.41, 5.74) is 14.8. The average molecular weight is 262 g/mol. The normalized spacial score (nSPS) is 10.1. The Kier molecular flexibility index (Phi) is 4.92. The van der Waals surface area contributed by atoms with E-state index in [2.05, 4.69) is 24.0 Å². The smallest absolute Gasteiger partial charge is 0.351 e. The first-order valence-corrected chi connectivity index (χ1v) is 6.41. The van der Waals surface area contributed by atoms with E-state index >= 15 is 0 Å². The Morgan fingerprint density at radius 1 is 1.26 bits per heavy atom. The van der Waals surface area contributed by atoms with Crippen LogP contribution in [-0.2, 0) is 6.42 Å². The number of anilines is 1. The molecular formula is C14H22N4O. The molecule has 4 N–H and O–H groups in total. The first-order valence-electron chi connectivity index (χ1n) is 6.41. The van der Waals surface area contributed by atoms with Gasteiger partial charge in [-0.1, -0.05) is 24.6 Å². The van der Waals surface area contributed by atoms with E-state index in [1.807, 2.05) is 20.8 Å². The second-order valence-electron chi connectivity index (χ2n) is 4.51. The monoisotopic (exact) mass is 262 g/mol. The van der Waals surface area contributed by atoms with Crippen LogP contribution in [0.1, 0.15) is 30.5 Å². The van der Waals surface area contributed by atoms with E-state index in [0.29, 0.717) is 6.54 Å². The summed E-state index contributed by atoms with van der Waals surface area (Å²) in [7, 11) is 0. The molecule has 0 spiro atoms. The van der Waals surface area contributed by atoms with Crippen LogP contribution in [0.5, 0.6) is 0 Å². The standard InChI is InChI=1S/C14H22N4O/c1-5-11-8-9(3)7-10(4)12(11)18(6-2)14(19)17-13(15)16/h7-8H,5-6H2,1-4H3,(H4,15,16,17,19). The molecule has 0 unspecified atom stereocenters. The number of aliphatic imine (C=N–C) groups is 1. The highest BCUT2D eigenvalue weighted by atomic mass is 16.2. The lowest BCUT2D eigenvalue weighted by Gasteiger charge is -2.24. The van der Waals surface area contributed by atoms with Gasteiger partial charge in [0.25, 0.3) is 0 Å². The molecule has 5 heteroatoms. The molecule has 1 rings (SSSR count). The highest BCUT2D eigenvalue weighted by molar-refractivity contribution is 6.00. The minimum Gasteiger partial charge on any atom is -0.370 e. The molecule has 0 saturated heterocycles. The molecule has 0 heterocycles. The van der Waals surface area contributed by atoms with Gasteiger partial charge in [0.2, 0.25) is 0 Å². The summed E-state index contributed by atoms with van der Waals surface area (Å²) in [4.78, 5) is 17.3. The lowest BCUT2D eigenvalue weighted by molar-refractivity contribution is 0.254. The zero-order valence-corrected chi connectivity index (χ0v) is 12.0. The number of carbonyl (C=O) groups is 1. The number of hydrogen-bond donors (Lipinski definition) is 2. The molecule has 0 bridgehead atoms. The van der Waals surface area contributed by atoms with E-state index in [1.54, 1.807) is 4.90 Å². The highest BCUT2D eigenvalue weighted by Gasteiger charge is 2.18. The summed E-state index contributed by atoms with van der Waals surface area (Å²) in [6, 6.07) is 3.72. The fraction of sp³-hybridized carbons (Fsp3) is 0.429. The highest BCUT2D eigenvalue weighted by Crippen LogP contribution is 2.28. The summed E-state index contributed by atoms with van der Waals surface area (Å²) >= 11 is 0. The van der Waals surface area contributed by atoms with Gasteiger partial charge in [0, 0.05) is 6.54 Å². The van der Waals surface area contributed by atoms with Gasteiger partial charge in [0.05, 0.1) is 5.69 Å². The van der Waals surface area contributed by atoms with Gasteiger partial charge >= 0.3 is 6.03 Å². The van der Waals surface area contributed by atoms with Crippen molar-refractivity contribution in [2.45, 2.75) is 34.1 Å². The molecule has 2 amide bonds. The van der Waals surface area contributed by atoms with Gasteiger partial charge in [-0.15, -0.1) is 0 Å². The van der Waals surface area contributed by atoms with Crippen LogP contribution in [0.25, 0.3) is 0 Å². The molecule has 19 heavy (non-hydrogen) atoms. The van der Waals surface area contributed by atoms with E-state index in [4.69, 9.17) is 11.5 Å². The van der Waals surface area contributed by atoms with Crippen LogP contribution in [0.15, 0.2) is 17.1 Å². The maximum atomic E-state index is 12.1. The van der Waals surface area contributed by atoms with Crippen molar-refractivity contribution in [3.05, 3.63) is 28.8 Å². The Morgan fingerprint density at radius 2 is 1.89 bits per heavy atom. The van der Waals surface area contributed by atoms with Gasteiger partial charge in [-0.2, -0.15) is 4.99 Å². The van der Waals surface area contributed by atoms with E-state index in [-0.39, 0.29) is 5.96 Å². The zero-order chi connectivity index (χ0) is 14.6. The van der Waals surface area contributed by atoms with Gasteiger partial charge in [-0.05, 0) is 38.3 Å². The number of rotatable bonds is 3. The Balaban J connectivity index is 3.33.